The monoisotopic (exact) mass is 333 g/mol. The van der Waals surface area contributed by atoms with Gasteiger partial charge < -0.3 is 5.32 Å². The van der Waals surface area contributed by atoms with Gasteiger partial charge in [-0.1, -0.05) is 38.1 Å². The molecule has 126 valence electrons. The van der Waals surface area contributed by atoms with Crippen molar-refractivity contribution in [1.82, 2.24) is 25.1 Å². The van der Waals surface area contributed by atoms with E-state index in [9.17, 15) is 4.79 Å². The summed E-state index contributed by atoms with van der Waals surface area (Å²) in [6.45, 7) is 4.13. The molecule has 3 heterocycles. The van der Waals surface area contributed by atoms with Gasteiger partial charge in [0.2, 0.25) is 0 Å². The molecular weight excluding hydrogens is 314 g/mol. The van der Waals surface area contributed by atoms with Gasteiger partial charge in [0.1, 0.15) is 5.82 Å². The molecule has 1 N–H and O–H groups in total. The SMILES string of the molecule is CC(C)c1nc(CC2NC(=O)c3ccccc32)n(-c2ccccn2)n1. The summed E-state index contributed by atoms with van der Waals surface area (Å²) < 4.78 is 1.78. The summed E-state index contributed by atoms with van der Waals surface area (Å²) >= 11 is 0. The molecule has 0 spiro atoms. The molecule has 6 nitrogen and oxygen atoms in total. The van der Waals surface area contributed by atoms with Gasteiger partial charge in [0, 0.05) is 24.1 Å². The number of hydrogen-bond donors (Lipinski definition) is 1. The van der Waals surface area contributed by atoms with E-state index < -0.39 is 0 Å². The molecule has 0 saturated heterocycles. The van der Waals surface area contributed by atoms with Crippen LogP contribution in [0.15, 0.2) is 48.7 Å². The fourth-order valence-electron chi connectivity index (χ4n) is 3.07. The highest BCUT2D eigenvalue weighted by Crippen LogP contribution is 2.28. The zero-order valence-electron chi connectivity index (χ0n) is 14.2. The Morgan fingerprint density at radius 1 is 1.16 bits per heavy atom. The van der Waals surface area contributed by atoms with E-state index in [2.05, 4.69) is 29.2 Å². The predicted octanol–water partition coefficient (Wildman–Crippen LogP) is 2.81. The highest BCUT2D eigenvalue weighted by Gasteiger charge is 2.30. The minimum atomic E-state index is -0.102. The van der Waals surface area contributed by atoms with E-state index in [1.54, 1.807) is 10.9 Å². The summed E-state index contributed by atoms with van der Waals surface area (Å²) in [4.78, 5) is 21.3. The molecule has 1 unspecified atom stereocenters. The van der Waals surface area contributed by atoms with Crippen LogP contribution in [0.2, 0.25) is 0 Å². The third kappa shape index (κ3) is 2.80. The van der Waals surface area contributed by atoms with Crippen LogP contribution in [0.25, 0.3) is 5.82 Å². The smallest absolute Gasteiger partial charge is 0.252 e. The maximum Gasteiger partial charge on any atom is 0.252 e. The number of fused-ring (bicyclic) bond motifs is 1. The lowest BCUT2D eigenvalue weighted by molar-refractivity contribution is 0.0956. The molecule has 0 radical (unpaired) electrons. The normalized spacial score (nSPS) is 16.1. The third-order valence-electron chi connectivity index (χ3n) is 4.35. The Labute approximate surface area is 145 Å². The zero-order valence-corrected chi connectivity index (χ0v) is 14.2. The van der Waals surface area contributed by atoms with Crippen LogP contribution < -0.4 is 5.32 Å². The minimum Gasteiger partial charge on any atom is -0.345 e. The van der Waals surface area contributed by atoms with Crippen LogP contribution in [0.3, 0.4) is 0 Å². The van der Waals surface area contributed by atoms with Crippen molar-refractivity contribution in [2.24, 2.45) is 0 Å². The molecule has 4 rings (SSSR count). The maximum absolute atomic E-state index is 12.2. The highest BCUT2D eigenvalue weighted by molar-refractivity contribution is 5.99. The number of benzene rings is 1. The van der Waals surface area contributed by atoms with Crippen LogP contribution >= 0.6 is 0 Å². The van der Waals surface area contributed by atoms with Gasteiger partial charge in [-0.05, 0) is 23.8 Å². The Bertz CT molecular complexity index is 917. The topological polar surface area (TPSA) is 72.7 Å². The maximum atomic E-state index is 12.2. The molecule has 0 fully saturated rings. The number of hydrogen-bond acceptors (Lipinski definition) is 4. The van der Waals surface area contributed by atoms with Crippen LogP contribution in [0.4, 0.5) is 0 Å². The van der Waals surface area contributed by atoms with Gasteiger partial charge in [-0.25, -0.2) is 9.97 Å². The van der Waals surface area contributed by atoms with E-state index in [-0.39, 0.29) is 17.9 Å². The second-order valence-electron chi connectivity index (χ2n) is 6.46. The Hall–Kier alpha value is -3.02. The molecule has 2 aromatic heterocycles. The van der Waals surface area contributed by atoms with Crippen molar-refractivity contribution in [3.8, 4) is 5.82 Å². The lowest BCUT2D eigenvalue weighted by atomic mass is 10.0. The average molecular weight is 333 g/mol. The van der Waals surface area contributed by atoms with Crippen LogP contribution in [0, 0.1) is 0 Å². The van der Waals surface area contributed by atoms with Gasteiger partial charge in [-0.15, -0.1) is 5.10 Å². The fraction of sp³-hybridized carbons (Fsp3) is 0.263. The first-order valence-electron chi connectivity index (χ1n) is 8.40. The number of pyridine rings is 1. The van der Waals surface area contributed by atoms with E-state index in [0.717, 1.165) is 28.6 Å². The van der Waals surface area contributed by atoms with Crippen molar-refractivity contribution in [3.63, 3.8) is 0 Å². The molecule has 0 saturated carbocycles. The third-order valence-corrected chi connectivity index (χ3v) is 4.35. The number of amides is 1. The van der Waals surface area contributed by atoms with Crippen molar-refractivity contribution in [2.45, 2.75) is 32.2 Å². The van der Waals surface area contributed by atoms with E-state index >= 15 is 0 Å². The first kappa shape index (κ1) is 15.5. The number of carbonyl (C=O) groups is 1. The summed E-state index contributed by atoms with van der Waals surface area (Å²) in [6, 6.07) is 13.3. The summed E-state index contributed by atoms with van der Waals surface area (Å²) in [5.41, 5.74) is 1.75. The molecule has 25 heavy (non-hydrogen) atoms. The van der Waals surface area contributed by atoms with Gasteiger partial charge in [-0.3, -0.25) is 4.79 Å². The second-order valence-corrected chi connectivity index (χ2v) is 6.46. The lowest BCUT2D eigenvalue weighted by Crippen LogP contribution is -2.22. The molecule has 1 aromatic carbocycles. The predicted molar refractivity (Wildman–Crippen MR) is 93.6 cm³/mol. The van der Waals surface area contributed by atoms with Crippen molar-refractivity contribution >= 4 is 5.91 Å². The number of nitrogens with zero attached hydrogens (tertiary/aromatic N) is 4. The minimum absolute atomic E-state index is 0.0337. The van der Waals surface area contributed by atoms with Crippen molar-refractivity contribution < 1.29 is 4.79 Å². The first-order valence-corrected chi connectivity index (χ1v) is 8.40. The van der Waals surface area contributed by atoms with Crippen molar-refractivity contribution in [2.75, 3.05) is 0 Å². The van der Waals surface area contributed by atoms with E-state index in [4.69, 9.17) is 4.98 Å². The van der Waals surface area contributed by atoms with Crippen LogP contribution in [-0.4, -0.2) is 25.7 Å². The van der Waals surface area contributed by atoms with Gasteiger partial charge in [0.25, 0.3) is 5.91 Å². The zero-order chi connectivity index (χ0) is 17.4. The van der Waals surface area contributed by atoms with Gasteiger partial charge in [0.15, 0.2) is 11.6 Å². The van der Waals surface area contributed by atoms with E-state index in [1.165, 1.54) is 0 Å². The Kier molecular flexibility index (Phi) is 3.80. The molecular formula is C19H19N5O. The second kappa shape index (κ2) is 6.12. The van der Waals surface area contributed by atoms with Gasteiger partial charge in [0.05, 0.1) is 6.04 Å². The quantitative estimate of drug-likeness (QED) is 0.797. The number of nitrogens with one attached hydrogen (secondary N) is 1. The number of aromatic nitrogens is 4. The summed E-state index contributed by atoms with van der Waals surface area (Å²) in [7, 11) is 0. The first-order chi connectivity index (χ1) is 12.1. The molecule has 1 amide bonds. The van der Waals surface area contributed by atoms with Crippen molar-refractivity contribution in [3.05, 3.63) is 71.4 Å². The molecule has 1 atom stereocenters. The molecule has 3 aromatic rings. The summed E-state index contributed by atoms with van der Waals surface area (Å²) in [6.07, 6.45) is 2.31. The Balaban J connectivity index is 1.73. The molecule has 0 bridgehead atoms. The molecule has 6 heteroatoms. The van der Waals surface area contributed by atoms with Gasteiger partial charge >= 0.3 is 0 Å². The van der Waals surface area contributed by atoms with Crippen molar-refractivity contribution in [1.29, 1.82) is 0 Å². The van der Waals surface area contributed by atoms with Crippen LogP contribution in [0.1, 0.15) is 53.4 Å². The Morgan fingerprint density at radius 3 is 2.72 bits per heavy atom. The average Bonchev–Trinajstić information content (AvgIpc) is 3.19. The summed E-state index contributed by atoms with van der Waals surface area (Å²) in [5.74, 6) is 2.49. The molecule has 1 aliphatic heterocycles. The fourth-order valence-corrected chi connectivity index (χ4v) is 3.07. The molecule has 1 aliphatic rings. The largest absolute Gasteiger partial charge is 0.345 e. The number of rotatable bonds is 4. The van der Waals surface area contributed by atoms with Crippen LogP contribution in [-0.2, 0) is 6.42 Å². The molecule has 0 aliphatic carbocycles. The number of carbonyl (C=O) groups excluding carboxylic acids is 1. The Morgan fingerprint density at radius 2 is 1.96 bits per heavy atom. The van der Waals surface area contributed by atoms with Gasteiger partial charge in [-0.2, -0.15) is 4.68 Å². The summed E-state index contributed by atoms with van der Waals surface area (Å²) in [5, 5.41) is 7.67. The van der Waals surface area contributed by atoms with Crippen LogP contribution in [0.5, 0.6) is 0 Å². The highest BCUT2D eigenvalue weighted by atomic mass is 16.2. The lowest BCUT2D eigenvalue weighted by Gasteiger charge is -2.11. The van der Waals surface area contributed by atoms with E-state index in [1.807, 2.05) is 42.5 Å². The standard InChI is InChI=1S/C19H19N5O/c1-12(2)18-22-17(24(23-18)16-9-5-6-10-20-16)11-15-13-7-3-4-8-14(13)19(25)21-15/h3-10,12,15H,11H2,1-2H3,(H,21,25). The van der Waals surface area contributed by atoms with E-state index in [0.29, 0.717) is 6.42 Å².